The van der Waals surface area contributed by atoms with Crippen LogP contribution in [0.5, 0.6) is 0 Å². The number of benzene rings is 1. The van der Waals surface area contributed by atoms with Crippen molar-refractivity contribution in [3.05, 3.63) is 35.2 Å². The van der Waals surface area contributed by atoms with Crippen molar-refractivity contribution in [2.45, 2.75) is 25.8 Å². The van der Waals surface area contributed by atoms with Gasteiger partial charge >= 0.3 is 0 Å². The Kier molecular flexibility index (Phi) is 3.45. The van der Waals surface area contributed by atoms with E-state index in [1.54, 1.807) is 0 Å². The Balaban J connectivity index is 1.54. The number of rotatable bonds is 3. The SMILES string of the molecule is c1cc2c(cc1-c1nc(CC3CCOC3)no1)CNCC2. The monoisotopic (exact) mass is 285 g/mol. The summed E-state index contributed by atoms with van der Waals surface area (Å²) in [5, 5.41) is 7.50. The van der Waals surface area contributed by atoms with Gasteiger partial charge in [0.05, 0.1) is 0 Å². The highest BCUT2D eigenvalue weighted by Gasteiger charge is 2.20. The van der Waals surface area contributed by atoms with Gasteiger partial charge in [-0.2, -0.15) is 4.98 Å². The summed E-state index contributed by atoms with van der Waals surface area (Å²) in [5.74, 6) is 1.94. The first-order chi connectivity index (χ1) is 10.4. The second-order valence-electron chi connectivity index (χ2n) is 5.86. The van der Waals surface area contributed by atoms with E-state index < -0.39 is 0 Å². The minimum Gasteiger partial charge on any atom is -0.381 e. The van der Waals surface area contributed by atoms with Gasteiger partial charge in [0.2, 0.25) is 0 Å². The zero-order valence-corrected chi connectivity index (χ0v) is 12.0. The standard InChI is InChI=1S/C16H19N3O2/c1-2-13(8-14-9-17-5-3-12(1)14)16-18-15(19-21-16)7-11-4-6-20-10-11/h1-2,8,11,17H,3-7,9-10H2. The molecule has 1 saturated heterocycles. The van der Waals surface area contributed by atoms with Gasteiger partial charge in [0.1, 0.15) is 0 Å². The Hall–Kier alpha value is -1.72. The summed E-state index contributed by atoms with van der Waals surface area (Å²) in [7, 11) is 0. The molecule has 0 saturated carbocycles. The van der Waals surface area contributed by atoms with E-state index in [0.717, 1.165) is 57.0 Å². The Morgan fingerprint density at radius 1 is 1.29 bits per heavy atom. The summed E-state index contributed by atoms with van der Waals surface area (Å²) < 4.78 is 10.8. The molecule has 21 heavy (non-hydrogen) atoms. The summed E-state index contributed by atoms with van der Waals surface area (Å²) in [6.45, 7) is 3.64. The van der Waals surface area contributed by atoms with Crippen LogP contribution in [0.1, 0.15) is 23.4 Å². The highest BCUT2D eigenvalue weighted by atomic mass is 16.5. The van der Waals surface area contributed by atoms with Gasteiger partial charge in [-0.25, -0.2) is 0 Å². The molecule has 4 rings (SSSR count). The fourth-order valence-electron chi connectivity index (χ4n) is 3.07. The van der Waals surface area contributed by atoms with E-state index in [4.69, 9.17) is 9.26 Å². The molecule has 0 amide bonds. The van der Waals surface area contributed by atoms with Crippen molar-refractivity contribution < 1.29 is 9.26 Å². The minimum absolute atomic E-state index is 0.531. The first kappa shape index (κ1) is 13.0. The van der Waals surface area contributed by atoms with Crippen LogP contribution in [0.25, 0.3) is 11.5 Å². The maximum absolute atomic E-state index is 5.43. The quantitative estimate of drug-likeness (QED) is 0.934. The van der Waals surface area contributed by atoms with E-state index in [-0.39, 0.29) is 0 Å². The number of nitrogens with one attached hydrogen (secondary N) is 1. The largest absolute Gasteiger partial charge is 0.381 e. The van der Waals surface area contributed by atoms with Crippen molar-refractivity contribution in [3.8, 4) is 11.5 Å². The number of nitrogens with zero attached hydrogens (tertiary/aromatic N) is 2. The van der Waals surface area contributed by atoms with Crippen molar-refractivity contribution in [1.82, 2.24) is 15.5 Å². The molecule has 110 valence electrons. The summed E-state index contributed by atoms with van der Waals surface area (Å²) in [5.41, 5.74) is 3.77. The lowest BCUT2D eigenvalue weighted by Crippen LogP contribution is -2.23. The molecule has 1 atom stereocenters. The molecule has 3 heterocycles. The smallest absolute Gasteiger partial charge is 0.257 e. The topological polar surface area (TPSA) is 60.2 Å². The lowest BCUT2D eigenvalue weighted by atomic mass is 9.98. The fraction of sp³-hybridized carbons (Fsp3) is 0.500. The van der Waals surface area contributed by atoms with Gasteiger partial charge < -0.3 is 14.6 Å². The molecule has 5 heteroatoms. The van der Waals surface area contributed by atoms with Crippen LogP contribution in [0.15, 0.2) is 22.7 Å². The van der Waals surface area contributed by atoms with Gasteiger partial charge in [0, 0.05) is 31.7 Å². The van der Waals surface area contributed by atoms with Crippen molar-refractivity contribution >= 4 is 0 Å². The van der Waals surface area contributed by atoms with Gasteiger partial charge in [-0.05, 0) is 48.6 Å². The molecular formula is C16H19N3O2. The highest BCUT2D eigenvalue weighted by molar-refractivity contribution is 5.56. The van der Waals surface area contributed by atoms with Gasteiger partial charge in [-0.1, -0.05) is 11.2 Å². The molecular weight excluding hydrogens is 266 g/mol. The van der Waals surface area contributed by atoms with Crippen LogP contribution in [0.2, 0.25) is 0 Å². The molecule has 1 unspecified atom stereocenters. The van der Waals surface area contributed by atoms with E-state index in [0.29, 0.717) is 11.8 Å². The van der Waals surface area contributed by atoms with Crippen LogP contribution in [-0.4, -0.2) is 29.9 Å². The predicted octanol–water partition coefficient (Wildman–Crippen LogP) is 1.96. The molecule has 0 aliphatic carbocycles. The Morgan fingerprint density at radius 3 is 3.19 bits per heavy atom. The first-order valence-electron chi connectivity index (χ1n) is 7.62. The van der Waals surface area contributed by atoms with Gasteiger partial charge in [-0.15, -0.1) is 0 Å². The lowest BCUT2D eigenvalue weighted by Gasteiger charge is -2.17. The summed E-state index contributed by atoms with van der Waals surface area (Å²) in [6.07, 6.45) is 3.02. The van der Waals surface area contributed by atoms with Crippen LogP contribution in [-0.2, 0) is 24.1 Å². The molecule has 1 aromatic heterocycles. The maximum Gasteiger partial charge on any atom is 0.257 e. The molecule has 1 aromatic carbocycles. The summed E-state index contributed by atoms with van der Waals surface area (Å²) in [6, 6.07) is 6.43. The normalized spacial score (nSPS) is 21.4. The maximum atomic E-state index is 5.43. The van der Waals surface area contributed by atoms with E-state index in [9.17, 15) is 0 Å². The van der Waals surface area contributed by atoms with Crippen LogP contribution in [0.3, 0.4) is 0 Å². The third-order valence-electron chi connectivity index (χ3n) is 4.30. The molecule has 2 aromatic rings. The van der Waals surface area contributed by atoms with Gasteiger partial charge in [0.25, 0.3) is 5.89 Å². The number of hydrogen-bond donors (Lipinski definition) is 1. The van der Waals surface area contributed by atoms with Crippen molar-refractivity contribution in [1.29, 1.82) is 0 Å². The molecule has 2 aliphatic heterocycles. The van der Waals surface area contributed by atoms with Gasteiger partial charge in [-0.3, -0.25) is 0 Å². The third kappa shape index (κ3) is 2.71. The van der Waals surface area contributed by atoms with Crippen molar-refractivity contribution in [2.24, 2.45) is 5.92 Å². The molecule has 1 N–H and O–H groups in total. The number of ether oxygens (including phenoxy) is 1. The zero-order chi connectivity index (χ0) is 14.1. The van der Waals surface area contributed by atoms with E-state index in [2.05, 4.69) is 33.7 Å². The second kappa shape index (κ2) is 5.58. The fourth-order valence-corrected chi connectivity index (χ4v) is 3.07. The van der Waals surface area contributed by atoms with E-state index in [1.165, 1.54) is 11.1 Å². The summed E-state index contributed by atoms with van der Waals surface area (Å²) in [4.78, 5) is 4.54. The minimum atomic E-state index is 0.531. The van der Waals surface area contributed by atoms with Crippen LogP contribution < -0.4 is 5.32 Å². The zero-order valence-electron chi connectivity index (χ0n) is 12.0. The molecule has 1 fully saturated rings. The number of hydrogen-bond acceptors (Lipinski definition) is 5. The Morgan fingerprint density at radius 2 is 2.29 bits per heavy atom. The third-order valence-corrected chi connectivity index (χ3v) is 4.30. The molecule has 0 bridgehead atoms. The second-order valence-corrected chi connectivity index (χ2v) is 5.86. The number of fused-ring (bicyclic) bond motifs is 1. The predicted molar refractivity (Wildman–Crippen MR) is 77.8 cm³/mol. The molecule has 2 aliphatic rings. The molecule has 5 nitrogen and oxygen atoms in total. The summed E-state index contributed by atoms with van der Waals surface area (Å²) >= 11 is 0. The van der Waals surface area contributed by atoms with Crippen molar-refractivity contribution in [3.63, 3.8) is 0 Å². The van der Waals surface area contributed by atoms with Crippen LogP contribution >= 0.6 is 0 Å². The van der Waals surface area contributed by atoms with Crippen molar-refractivity contribution in [2.75, 3.05) is 19.8 Å². The Labute approximate surface area is 123 Å². The van der Waals surface area contributed by atoms with Crippen LogP contribution in [0.4, 0.5) is 0 Å². The Bertz CT molecular complexity index is 632. The molecule has 0 radical (unpaired) electrons. The highest BCUT2D eigenvalue weighted by Crippen LogP contribution is 2.24. The molecule has 0 spiro atoms. The first-order valence-corrected chi connectivity index (χ1v) is 7.62. The average Bonchev–Trinajstić information content (AvgIpc) is 3.19. The number of aromatic nitrogens is 2. The van der Waals surface area contributed by atoms with E-state index in [1.807, 2.05) is 0 Å². The lowest BCUT2D eigenvalue weighted by molar-refractivity contribution is 0.185. The van der Waals surface area contributed by atoms with Crippen LogP contribution in [0, 0.1) is 5.92 Å². The van der Waals surface area contributed by atoms with E-state index >= 15 is 0 Å². The van der Waals surface area contributed by atoms with Gasteiger partial charge in [0.15, 0.2) is 5.82 Å². The average molecular weight is 285 g/mol.